The van der Waals surface area contributed by atoms with E-state index in [-0.39, 0.29) is 23.9 Å². The molecule has 9 heteroatoms. The number of fused-ring (bicyclic) bond motifs is 3. The van der Waals surface area contributed by atoms with Crippen LogP contribution in [0.15, 0.2) is 29.5 Å². The lowest BCUT2D eigenvalue weighted by atomic mass is 9.71. The molecule has 1 amide bonds. The number of aromatic nitrogens is 4. The van der Waals surface area contributed by atoms with Gasteiger partial charge in [0.1, 0.15) is 6.61 Å². The second-order valence-electron chi connectivity index (χ2n) is 10.3. The summed E-state index contributed by atoms with van der Waals surface area (Å²) >= 11 is 0. The summed E-state index contributed by atoms with van der Waals surface area (Å²) in [4.78, 5) is 29.4. The summed E-state index contributed by atoms with van der Waals surface area (Å²) in [5.41, 5.74) is 4.76. The first-order valence-electron chi connectivity index (χ1n) is 12.2. The molecule has 0 radical (unpaired) electrons. The Labute approximate surface area is 198 Å². The molecule has 0 unspecified atom stereocenters. The third-order valence-electron chi connectivity index (χ3n) is 8.41. The Morgan fingerprint density at radius 1 is 1.18 bits per heavy atom. The minimum absolute atomic E-state index is 0.193. The molecule has 4 heterocycles. The average molecular weight is 463 g/mol. The van der Waals surface area contributed by atoms with Crippen molar-refractivity contribution >= 4 is 11.9 Å². The number of amides is 1. The van der Waals surface area contributed by atoms with E-state index in [0.29, 0.717) is 18.2 Å². The molecule has 1 saturated carbocycles. The van der Waals surface area contributed by atoms with Gasteiger partial charge in [-0.2, -0.15) is 4.68 Å². The van der Waals surface area contributed by atoms with E-state index in [4.69, 9.17) is 4.74 Å². The zero-order chi connectivity index (χ0) is 23.4. The van der Waals surface area contributed by atoms with E-state index >= 15 is 0 Å². The van der Waals surface area contributed by atoms with Gasteiger partial charge in [-0.3, -0.25) is 9.69 Å². The van der Waals surface area contributed by atoms with E-state index in [0.717, 1.165) is 68.7 Å². The molecule has 3 aliphatic heterocycles. The summed E-state index contributed by atoms with van der Waals surface area (Å²) in [7, 11) is 2.19. The van der Waals surface area contributed by atoms with Gasteiger partial charge >= 0.3 is 5.97 Å². The van der Waals surface area contributed by atoms with Gasteiger partial charge in [0.25, 0.3) is 0 Å². The molecule has 6 rings (SSSR count). The molecule has 2 aromatic rings. The zero-order valence-electron chi connectivity index (χ0n) is 19.8. The standard InChI is InChI=1S/C25H30N6O3/c1-16-21(15-34-23(16)32)30-12-11-25(24(30)33)9-7-19(8-10-25)29(2)14-17-3-5-20-18(13-17)4-6-22-26-27-28-31(20)22/h3,5,13,19H,4,6-12,14-15H2,1-2H3/t19-,25-. The lowest BCUT2D eigenvalue weighted by molar-refractivity contribution is -0.138. The topological polar surface area (TPSA) is 93.5 Å². The van der Waals surface area contributed by atoms with Gasteiger partial charge in [-0.25, -0.2) is 4.79 Å². The predicted molar refractivity (Wildman–Crippen MR) is 123 cm³/mol. The van der Waals surface area contributed by atoms with Crippen molar-refractivity contribution < 1.29 is 14.3 Å². The van der Waals surface area contributed by atoms with Gasteiger partial charge in [0, 0.05) is 25.6 Å². The summed E-state index contributed by atoms with van der Waals surface area (Å²) in [5, 5.41) is 12.0. The Morgan fingerprint density at radius 3 is 2.76 bits per heavy atom. The zero-order valence-corrected chi connectivity index (χ0v) is 19.8. The number of nitrogens with zero attached hydrogens (tertiary/aromatic N) is 6. The summed E-state index contributed by atoms with van der Waals surface area (Å²) in [5.74, 6) is 0.819. The van der Waals surface area contributed by atoms with Crippen LogP contribution in [0.1, 0.15) is 56.0 Å². The van der Waals surface area contributed by atoms with Crippen molar-refractivity contribution in [1.29, 1.82) is 0 Å². The van der Waals surface area contributed by atoms with Crippen molar-refractivity contribution in [3.05, 3.63) is 46.4 Å². The number of benzene rings is 1. The third kappa shape index (κ3) is 3.36. The van der Waals surface area contributed by atoms with E-state index in [1.54, 1.807) is 6.92 Å². The number of carbonyl (C=O) groups excluding carboxylic acids is 2. The molecule has 0 N–H and O–H groups in total. The van der Waals surface area contributed by atoms with Crippen molar-refractivity contribution in [3.8, 4) is 5.69 Å². The highest BCUT2D eigenvalue weighted by Crippen LogP contribution is 2.47. The summed E-state index contributed by atoms with van der Waals surface area (Å²) in [6.07, 6.45) is 6.55. The fraction of sp³-hybridized carbons (Fsp3) is 0.560. The maximum atomic E-state index is 13.4. The second-order valence-corrected chi connectivity index (χ2v) is 10.3. The van der Waals surface area contributed by atoms with E-state index < -0.39 is 0 Å². The molecule has 1 aromatic carbocycles. The Bertz CT molecular complexity index is 1190. The highest BCUT2D eigenvalue weighted by atomic mass is 16.5. The number of aryl methyl sites for hydroxylation is 2. The number of rotatable bonds is 4. The number of likely N-dealkylation sites (tertiary alicyclic amines) is 1. The van der Waals surface area contributed by atoms with Crippen molar-refractivity contribution in [2.75, 3.05) is 20.2 Å². The number of carbonyl (C=O) groups is 2. The fourth-order valence-electron chi connectivity index (χ4n) is 6.24. The largest absolute Gasteiger partial charge is 0.456 e. The van der Waals surface area contributed by atoms with Crippen LogP contribution in [-0.2, 0) is 33.7 Å². The maximum absolute atomic E-state index is 13.4. The number of tetrazole rings is 1. The molecule has 4 aliphatic rings. The molecular formula is C25H30N6O3. The smallest absolute Gasteiger partial charge is 0.336 e. The first-order valence-corrected chi connectivity index (χ1v) is 12.2. The van der Waals surface area contributed by atoms with Gasteiger partial charge in [0.15, 0.2) is 5.82 Å². The first kappa shape index (κ1) is 21.5. The Hall–Kier alpha value is -3.07. The number of cyclic esters (lactones) is 1. The van der Waals surface area contributed by atoms with Crippen LogP contribution in [0.4, 0.5) is 0 Å². The molecule has 1 spiro atoms. The van der Waals surface area contributed by atoms with E-state index in [9.17, 15) is 9.59 Å². The monoisotopic (exact) mass is 462 g/mol. The van der Waals surface area contributed by atoms with Crippen LogP contribution in [0.3, 0.4) is 0 Å². The van der Waals surface area contributed by atoms with Crippen LogP contribution in [-0.4, -0.2) is 68.1 Å². The normalized spacial score (nSPS) is 26.4. The lowest BCUT2D eigenvalue weighted by Crippen LogP contribution is -2.42. The molecule has 1 aromatic heterocycles. The number of ether oxygens (including phenoxy) is 1. The van der Waals surface area contributed by atoms with Crippen LogP contribution in [0.2, 0.25) is 0 Å². The molecule has 34 heavy (non-hydrogen) atoms. The average Bonchev–Trinajstić information content (AvgIpc) is 3.54. The first-order chi connectivity index (χ1) is 16.4. The van der Waals surface area contributed by atoms with E-state index in [1.165, 1.54) is 11.1 Å². The van der Waals surface area contributed by atoms with Crippen LogP contribution in [0.25, 0.3) is 5.69 Å². The Balaban J connectivity index is 1.10. The molecule has 2 fully saturated rings. The SMILES string of the molecule is CC1=C(N2CC[C@]3(CC[C@@H](N(C)Cc4ccc5c(c4)CCc4nnnn4-5)CC3)C2=O)COC1=O. The van der Waals surface area contributed by atoms with Gasteiger partial charge < -0.3 is 9.64 Å². The van der Waals surface area contributed by atoms with Gasteiger partial charge in [-0.1, -0.05) is 12.1 Å². The Morgan fingerprint density at radius 2 is 2.00 bits per heavy atom. The fourth-order valence-corrected chi connectivity index (χ4v) is 6.24. The third-order valence-corrected chi connectivity index (χ3v) is 8.41. The Kier molecular flexibility index (Phi) is 5.05. The van der Waals surface area contributed by atoms with Crippen LogP contribution >= 0.6 is 0 Å². The molecular weight excluding hydrogens is 432 g/mol. The van der Waals surface area contributed by atoms with Crippen molar-refractivity contribution in [1.82, 2.24) is 30.0 Å². The van der Waals surface area contributed by atoms with Gasteiger partial charge in [-0.05, 0) is 80.1 Å². The number of hydrogen-bond acceptors (Lipinski definition) is 7. The molecule has 0 atom stereocenters. The maximum Gasteiger partial charge on any atom is 0.336 e. The second kappa shape index (κ2) is 8.01. The lowest BCUT2D eigenvalue weighted by Gasteiger charge is -2.39. The molecule has 1 aliphatic carbocycles. The predicted octanol–water partition coefficient (Wildman–Crippen LogP) is 2.18. The summed E-state index contributed by atoms with van der Waals surface area (Å²) in [6.45, 7) is 3.57. The van der Waals surface area contributed by atoms with E-state index in [1.807, 2.05) is 9.58 Å². The van der Waals surface area contributed by atoms with Crippen molar-refractivity contribution in [2.45, 2.75) is 64.5 Å². The molecule has 9 nitrogen and oxygen atoms in total. The number of hydrogen-bond donors (Lipinski definition) is 0. The highest BCUT2D eigenvalue weighted by molar-refractivity contribution is 5.94. The summed E-state index contributed by atoms with van der Waals surface area (Å²) in [6, 6.07) is 7.07. The minimum atomic E-state index is -0.297. The van der Waals surface area contributed by atoms with Gasteiger partial charge in [0.05, 0.1) is 22.4 Å². The highest BCUT2D eigenvalue weighted by Gasteiger charge is 2.50. The number of esters is 1. The van der Waals surface area contributed by atoms with Crippen molar-refractivity contribution in [3.63, 3.8) is 0 Å². The van der Waals surface area contributed by atoms with Crippen molar-refractivity contribution in [2.24, 2.45) is 5.41 Å². The van der Waals surface area contributed by atoms with Gasteiger partial charge in [0.2, 0.25) is 5.91 Å². The molecule has 178 valence electrons. The minimum Gasteiger partial charge on any atom is -0.456 e. The van der Waals surface area contributed by atoms with Crippen LogP contribution < -0.4 is 0 Å². The summed E-state index contributed by atoms with van der Waals surface area (Å²) < 4.78 is 6.99. The van der Waals surface area contributed by atoms with E-state index in [2.05, 4.69) is 45.7 Å². The van der Waals surface area contributed by atoms with Crippen LogP contribution in [0, 0.1) is 5.41 Å². The van der Waals surface area contributed by atoms with Gasteiger partial charge in [-0.15, -0.1) is 5.10 Å². The molecule has 1 saturated heterocycles. The molecule has 0 bridgehead atoms. The quantitative estimate of drug-likeness (QED) is 0.643. The van der Waals surface area contributed by atoms with Crippen LogP contribution in [0.5, 0.6) is 0 Å².